The highest BCUT2D eigenvalue weighted by Crippen LogP contribution is 2.15. The lowest BCUT2D eigenvalue weighted by Crippen LogP contribution is -2.12. The van der Waals surface area contributed by atoms with E-state index >= 15 is 0 Å². The summed E-state index contributed by atoms with van der Waals surface area (Å²) >= 11 is 0. The Labute approximate surface area is 198 Å². The largest absolute Gasteiger partial charge is 0.466 e. The number of hydrogen-bond donors (Lipinski definition) is 0. The van der Waals surface area contributed by atoms with Gasteiger partial charge in [0.2, 0.25) is 0 Å². The van der Waals surface area contributed by atoms with Gasteiger partial charge in [0.1, 0.15) is 0 Å². The first-order chi connectivity index (χ1) is 15.6. The molecule has 4 heteroatoms. The lowest BCUT2D eigenvalue weighted by molar-refractivity contribution is -0.145. The first kappa shape index (κ1) is 30.7. The summed E-state index contributed by atoms with van der Waals surface area (Å²) < 4.78 is 9.65. The van der Waals surface area contributed by atoms with Crippen LogP contribution in [0.4, 0.5) is 0 Å². The Morgan fingerprint density at radius 1 is 0.594 bits per heavy atom. The Morgan fingerprint density at radius 3 is 1.28 bits per heavy atom. The van der Waals surface area contributed by atoms with Gasteiger partial charge in [0.05, 0.1) is 20.1 Å². The number of hydrogen-bond acceptors (Lipinski definition) is 4. The van der Waals surface area contributed by atoms with Crippen molar-refractivity contribution in [2.45, 2.75) is 142 Å². The summed E-state index contributed by atoms with van der Waals surface area (Å²) in [6.07, 6.45) is 26.9. The van der Waals surface area contributed by atoms with Crippen molar-refractivity contribution in [2.24, 2.45) is 0 Å². The minimum absolute atomic E-state index is 0.0914. The van der Waals surface area contributed by atoms with Gasteiger partial charge in [0.15, 0.2) is 0 Å². The van der Waals surface area contributed by atoms with Gasteiger partial charge in [0, 0.05) is 5.57 Å². The van der Waals surface area contributed by atoms with Gasteiger partial charge in [-0.25, -0.2) is 4.79 Å². The molecule has 0 rings (SSSR count). The summed E-state index contributed by atoms with van der Waals surface area (Å²) in [6, 6.07) is 0. The molecular formula is C28H52O4. The van der Waals surface area contributed by atoms with Crippen LogP contribution in [0, 0.1) is 0 Å². The third-order valence-electron chi connectivity index (χ3n) is 6.09. The molecule has 0 fully saturated rings. The maximum Gasteiger partial charge on any atom is 0.333 e. The molecule has 0 unspecified atom stereocenters. The second kappa shape index (κ2) is 24.3. The van der Waals surface area contributed by atoms with Crippen LogP contribution in [-0.4, -0.2) is 25.7 Å². The van der Waals surface area contributed by atoms with E-state index in [1.165, 1.54) is 123 Å². The van der Waals surface area contributed by atoms with Crippen LogP contribution in [0.5, 0.6) is 0 Å². The Balaban J connectivity index is 3.18. The van der Waals surface area contributed by atoms with Gasteiger partial charge in [-0.3, -0.25) is 4.79 Å². The van der Waals surface area contributed by atoms with Gasteiger partial charge in [-0.15, -0.1) is 0 Å². The number of carbonyl (C=O) groups is 2. The number of ether oxygens (including phenoxy) is 2. The fourth-order valence-electron chi connectivity index (χ4n) is 3.99. The molecule has 0 aliphatic rings. The molecule has 0 atom stereocenters. The summed E-state index contributed by atoms with van der Waals surface area (Å²) in [6.45, 7) is 6.23. The van der Waals surface area contributed by atoms with E-state index in [4.69, 9.17) is 4.74 Å². The lowest BCUT2D eigenvalue weighted by Gasteiger charge is -2.06. The Hall–Kier alpha value is -1.32. The third kappa shape index (κ3) is 21.9. The summed E-state index contributed by atoms with van der Waals surface area (Å²) in [5, 5.41) is 0. The number of methoxy groups -OCH3 is 1. The molecule has 0 saturated carbocycles. The molecule has 188 valence electrons. The molecule has 0 saturated heterocycles. The van der Waals surface area contributed by atoms with Crippen molar-refractivity contribution >= 4 is 11.9 Å². The summed E-state index contributed by atoms with van der Waals surface area (Å²) in [7, 11) is 1.28. The smallest absolute Gasteiger partial charge is 0.333 e. The fraction of sp³-hybridized carbons (Fsp3) is 0.857. The molecule has 0 heterocycles. The molecule has 0 amide bonds. The predicted octanol–water partition coefficient (Wildman–Crippen LogP) is 8.47. The Morgan fingerprint density at radius 2 is 0.938 bits per heavy atom. The molecule has 32 heavy (non-hydrogen) atoms. The molecule has 0 aromatic carbocycles. The second-order valence-corrected chi connectivity index (χ2v) is 9.21. The van der Waals surface area contributed by atoms with Crippen LogP contribution in [0.1, 0.15) is 142 Å². The highest BCUT2D eigenvalue weighted by molar-refractivity contribution is 5.93. The van der Waals surface area contributed by atoms with Gasteiger partial charge in [-0.1, -0.05) is 135 Å². The number of esters is 2. The minimum Gasteiger partial charge on any atom is -0.466 e. The molecule has 0 N–H and O–H groups in total. The topological polar surface area (TPSA) is 52.6 Å². The van der Waals surface area contributed by atoms with Gasteiger partial charge in [0.25, 0.3) is 0 Å². The monoisotopic (exact) mass is 452 g/mol. The predicted molar refractivity (Wildman–Crippen MR) is 135 cm³/mol. The van der Waals surface area contributed by atoms with E-state index in [1.807, 2.05) is 0 Å². The van der Waals surface area contributed by atoms with Crippen LogP contribution in [0.25, 0.3) is 0 Å². The zero-order chi connectivity index (χ0) is 23.7. The van der Waals surface area contributed by atoms with Crippen molar-refractivity contribution in [3.05, 3.63) is 12.2 Å². The van der Waals surface area contributed by atoms with Crippen LogP contribution in [0.3, 0.4) is 0 Å². The summed E-state index contributed by atoms with van der Waals surface area (Å²) in [5.41, 5.74) is 0.140. The van der Waals surface area contributed by atoms with E-state index in [0.29, 0.717) is 6.61 Å². The highest BCUT2D eigenvalue weighted by atomic mass is 16.5. The lowest BCUT2D eigenvalue weighted by atomic mass is 10.0. The zero-order valence-electron chi connectivity index (χ0n) is 21.4. The maximum absolute atomic E-state index is 11.6. The van der Waals surface area contributed by atoms with Gasteiger partial charge in [-0.2, -0.15) is 0 Å². The van der Waals surface area contributed by atoms with Gasteiger partial charge >= 0.3 is 11.9 Å². The number of rotatable bonds is 24. The van der Waals surface area contributed by atoms with E-state index in [9.17, 15) is 9.59 Å². The van der Waals surface area contributed by atoms with E-state index in [1.54, 1.807) is 0 Å². The van der Waals surface area contributed by atoms with Crippen LogP contribution in [0.15, 0.2) is 12.2 Å². The van der Waals surface area contributed by atoms with Crippen molar-refractivity contribution in [3.8, 4) is 0 Å². The molecule has 0 aromatic rings. The maximum atomic E-state index is 11.6. The van der Waals surface area contributed by atoms with Crippen molar-refractivity contribution < 1.29 is 19.1 Å². The van der Waals surface area contributed by atoms with E-state index < -0.39 is 11.9 Å². The van der Waals surface area contributed by atoms with Crippen LogP contribution in [0.2, 0.25) is 0 Å². The number of carbonyl (C=O) groups excluding carboxylic acids is 2. The zero-order valence-corrected chi connectivity index (χ0v) is 21.4. The average Bonchev–Trinajstić information content (AvgIpc) is 2.79. The molecule has 0 spiro atoms. The van der Waals surface area contributed by atoms with Crippen molar-refractivity contribution in [1.82, 2.24) is 0 Å². The van der Waals surface area contributed by atoms with Crippen LogP contribution < -0.4 is 0 Å². The molecule has 0 radical (unpaired) electrons. The quantitative estimate of drug-likeness (QED) is 0.0837. The summed E-state index contributed by atoms with van der Waals surface area (Å²) in [4.78, 5) is 22.8. The van der Waals surface area contributed by atoms with Crippen LogP contribution in [-0.2, 0) is 19.1 Å². The van der Waals surface area contributed by atoms with E-state index in [2.05, 4.69) is 18.2 Å². The SMILES string of the molecule is C=C(CC(=O)OCCCCCCCCCCCCCCCCCCCCCC)C(=O)OC. The van der Waals surface area contributed by atoms with Crippen LogP contribution >= 0.6 is 0 Å². The standard InChI is InChI=1S/C28H52O4/c1-4-5-6-7-8-9-10-11-12-13-14-15-16-17-18-19-20-21-22-23-24-32-27(29)25-26(2)28(30)31-3/h2,4-25H2,1,3H3. The van der Waals surface area contributed by atoms with E-state index in [-0.39, 0.29) is 12.0 Å². The Kier molecular flexibility index (Phi) is 23.3. The fourth-order valence-corrected chi connectivity index (χ4v) is 3.99. The minimum atomic E-state index is -0.555. The molecule has 0 aliphatic carbocycles. The second-order valence-electron chi connectivity index (χ2n) is 9.21. The molecule has 0 aromatic heterocycles. The normalized spacial score (nSPS) is 10.8. The molecule has 0 bridgehead atoms. The molecule has 4 nitrogen and oxygen atoms in total. The van der Waals surface area contributed by atoms with Crippen molar-refractivity contribution in [1.29, 1.82) is 0 Å². The average molecular weight is 453 g/mol. The first-order valence-corrected chi connectivity index (χ1v) is 13.5. The summed E-state index contributed by atoms with van der Waals surface area (Å²) in [5.74, 6) is -0.959. The van der Waals surface area contributed by atoms with Crippen molar-refractivity contribution in [3.63, 3.8) is 0 Å². The first-order valence-electron chi connectivity index (χ1n) is 13.5. The van der Waals surface area contributed by atoms with Crippen molar-refractivity contribution in [2.75, 3.05) is 13.7 Å². The molecule has 0 aliphatic heterocycles. The molecular weight excluding hydrogens is 400 g/mol. The third-order valence-corrected chi connectivity index (χ3v) is 6.09. The van der Waals surface area contributed by atoms with E-state index in [0.717, 1.165) is 12.8 Å². The number of unbranched alkanes of at least 4 members (excludes halogenated alkanes) is 19. The Bertz CT molecular complexity index is 458. The van der Waals surface area contributed by atoms with Gasteiger partial charge in [-0.05, 0) is 6.42 Å². The van der Waals surface area contributed by atoms with Gasteiger partial charge < -0.3 is 9.47 Å². The highest BCUT2D eigenvalue weighted by Gasteiger charge is 2.12.